The van der Waals surface area contributed by atoms with E-state index in [2.05, 4.69) is 52.0 Å². The SMILES string of the molecule is CCc1cccc(Nc2nc3ccccc3n3ccnc23)c1. The molecule has 0 aliphatic carbocycles. The largest absolute Gasteiger partial charge is 0.337 e. The lowest BCUT2D eigenvalue weighted by Gasteiger charge is -2.10. The van der Waals surface area contributed by atoms with E-state index in [0.29, 0.717) is 0 Å². The zero-order chi connectivity index (χ0) is 14.9. The molecule has 4 aromatic rings. The highest BCUT2D eigenvalue weighted by Gasteiger charge is 2.09. The van der Waals surface area contributed by atoms with E-state index in [9.17, 15) is 0 Å². The normalized spacial score (nSPS) is 11.1. The number of rotatable bonds is 3. The molecule has 0 saturated heterocycles. The fourth-order valence-corrected chi connectivity index (χ4v) is 2.70. The van der Waals surface area contributed by atoms with E-state index in [1.165, 1.54) is 5.56 Å². The van der Waals surface area contributed by atoms with Gasteiger partial charge in [-0.05, 0) is 36.2 Å². The molecule has 0 unspecified atom stereocenters. The molecular weight excluding hydrogens is 272 g/mol. The van der Waals surface area contributed by atoms with Gasteiger partial charge in [0.2, 0.25) is 0 Å². The summed E-state index contributed by atoms with van der Waals surface area (Å²) in [6.07, 6.45) is 4.78. The van der Waals surface area contributed by atoms with Crippen LogP contribution < -0.4 is 5.32 Å². The topological polar surface area (TPSA) is 42.2 Å². The van der Waals surface area contributed by atoms with Crippen LogP contribution in [0.5, 0.6) is 0 Å². The molecule has 0 amide bonds. The summed E-state index contributed by atoms with van der Waals surface area (Å²) in [5.41, 5.74) is 5.17. The van der Waals surface area contributed by atoms with E-state index in [1.807, 2.05) is 24.4 Å². The van der Waals surface area contributed by atoms with Crippen LogP contribution in [0.15, 0.2) is 60.9 Å². The third-order valence-corrected chi connectivity index (χ3v) is 3.82. The lowest BCUT2D eigenvalue weighted by atomic mass is 10.1. The highest BCUT2D eigenvalue weighted by Crippen LogP contribution is 2.24. The van der Waals surface area contributed by atoms with Gasteiger partial charge in [-0.15, -0.1) is 0 Å². The first-order valence-corrected chi connectivity index (χ1v) is 7.43. The van der Waals surface area contributed by atoms with Crippen molar-refractivity contribution in [1.82, 2.24) is 14.4 Å². The Morgan fingerprint density at radius 2 is 2.00 bits per heavy atom. The summed E-state index contributed by atoms with van der Waals surface area (Å²) in [7, 11) is 0. The highest BCUT2D eigenvalue weighted by molar-refractivity contribution is 5.84. The van der Waals surface area contributed by atoms with Gasteiger partial charge in [0, 0.05) is 18.1 Å². The summed E-state index contributed by atoms with van der Waals surface area (Å²) in [5, 5.41) is 3.41. The molecule has 0 bridgehead atoms. The van der Waals surface area contributed by atoms with Crippen molar-refractivity contribution in [3.05, 3.63) is 66.5 Å². The predicted molar refractivity (Wildman–Crippen MR) is 89.6 cm³/mol. The van der Waals surface area contributed by atoms with E-state index in [4.69, 9.17) is 4.98 Å². The van der Waals surface area contributed by atoms with Crippen LogP contribution in [0, 0.1) is 0 Å². The van der Waals surface area contributed by atoms with E-state index in [-0.39, 0.29) is 0 Å². The molecule has 2 heterocycles. The van der Waals surface area contributed by atoms with Gasteiger partial charge in [-0.2, -0.15) is 0 Å². The first-order valence-electron chi connectivity index (χ1n) is 7.43. The Morgan fingerprint density at radius 3 is 2.91 bits per heavy atom. The Labute approximate surface area is 128 Å². The molecular formula is C18H16N4. The molecule has 4 rings (SSSR count). The van der Waals surface area contributed by atoms with E-state index < -0.39 is 0 Å². The number of fused-ring (bicyclic) bond motifs is 3. The number of hydrogen-bond donors (Lipinski definition) is 1. The first-order chi connectivity index (χ1) is 10.8. The number of benzene rings is 2. The van der Waals surface area contributed by atoms with Crippen LogP contribution in [-0.2, 0) is 6.42 Å². The third-order valence-electron chi connectivity index (χ3n) is 3.82. The summed E-state index contributed by atoms with van der Waals surface area (Å²) < 4.78 is 2.06. The smallest absolute Gasteiger partial charge is 0.180 e. The molecule has 108 valence electrons. The van der Waals surface area contributed by atoms with Crippen molar-refractivity contribution in [2.45, 2.75) is 13.3 Å². The summed E-state index contributed by atoms with van der Waals surface area (Å²) >= 11 is 0. The number of para-hydroxylation sites is 2. The number of hydrogen-bond acceptors (Lipinski definition) is 3. The minimum Gasteiger partial charge on any atom is -0.337 e. The zero-order valence-electron chi connectivity index (χ0n) is 12.3. The number of aryl methyl sites for hydroxylation is 1. The van der Waals surface area contributed by atoms with Crippen molar-refractivity contribution in [3.8, 4) is 0 Å². The Morgan fingerprint density at radius 1 is 1.09 bits per heavy atom. The summed E-state index contributed by atoms with van der Waals surface area (Å²) in [6.45, 7) is 2.15. The molecule has 2 aromatic heterocycles. The van der Waals surface area contributed by atoms with Gasteiger partial charge in [0.25, 0.3) is 0 Å². The van der Waals surface area contributed by atoms with Gasteiger partial charge in [-0.25, -0.2) is 9.97 Å². The summed E-state index contributed by atoms with van der Waals surface area (Å²) in [4.78, 5) is 9.18. The van der Waals surface area contributed by atoms with Crippen molar-refractivity contribution in [2.75, 3.05) is 5.32 Å². The van der Waals surface area contributed by atoms with E-state index in [1.54, 1.807) is 6.20 Å². The van der Waals surface area contributed by atoms with Crippen molar-refractivity contribution in [2.24, 2.45) is 0 Å². The molecule has 0 aliphatic heterocycles. The second-order valence-corrected chi connectivity index (χ2v) is 5.25. The molecule has 0 radical (unpaired) electrons. The van der Waals surface area contributed by atoms with Crippen molar-refractivity contribution >= 4 is 28.2 Å². The second-order valence-electron chi connectivity index (χ2n) is 5.25. The molecule has 2 aromatic carbocycles. The van der Waals surface area contributed by atoms with Gasteiger partial charge >= 0.3 is 0 Å². The van der Waals surface area contributed by atoms with E-state index in [0.717, 1.165) is 34.6 Å². The Kier molecular flexibility index (Phi) is 3.00. The van der Waals surface area contributed by atoms with Gasteiger partial charge in [0.1, 0.15) is 0 Å². The number of nitrogens with zero attached hydrogens (tertiary/aromatic N) is 3. The molecule has 22 heavy (non-hydrogen) atoms. The van der Waals surface area contributed by atoms with Crippen LogP contribution in [0.3, 0.4) is 0 Å². The number of aromatic nitrogens is 3. The first kappa shape index (κ1) is 12.8. The van der Waals surface area contributed by atoms with E-state index >= 15 is 0 Å². The Hall–Kier alpha value is -2.88. The fraction of sp³-hybridized carbons (Fsp3) is 0.111. The van der Waals surface area contributed by atoms with Gasteiger partial charge in [0.15, 0.2) is 11.5 Å². The highest BCUT2D eigenvalue weighted by atomic mass is 15.1. The van der Waals surface area contributed by atoms with Crippen LogP contribution in [0.25, 0.3) is 16.7 Å². The molecule has 0 aliphatic rings. The average Bonchev–Trinajstić information content (AvgIpc) is 3.05. The monoisotopic (exact) mass is 288 g/mol. The maximum atomic E-state index is 4.73. The average molecular weight is 288 g/mol. The minimum absolute atomic E-state index is 0.775. The van der Waals surface area contributed by atoms with Crippen molar-refractivity contribution in [1.29, 1.82) is 0 Å². The third kappa shape index (κ3) is 2.09. The Bertz CT molecular complexity index is 956. The number of nitrogens with one attached hydrogen (secondary N) is 1. The molecule has 0 saturated carbocycles. The second kappa shape index (κ2) is 5.15. The summed E-state index contributed by atoms with van der Waals surface area (Å²) in [5.74, 6) is 0.775. The zero-order valence-corrected chi connectivity index (χ0v) is 12.3. The van der Waals surface area contributed by atoms with Gasteiger partial charge in [-0.1, -0.05) is 31.2 Å². The number of anilines is 2. The van der Waals surface area contributed by atoms with Crippen molar-refractivity contribution in [3.63, 3.8) is 0 Å². The lowest BCUT2D eigenvalue weighted by molar-refractivity contribution is 1.14. The van der Waals surface area contributed by atoms with Gasteiger partial charge < -0.3 is 5.32 Å². The van der Waals surface area contributed by atoms with Crippen LogP contribution >= 0.6 is 0 Å². The minimum atomic E-state index is 0.775. The quantitative estimate of drug-likeness (QED) is 0.614. The van der Waals surface area contributed by atoms with Crippen LogP contribution in [0.2, 0.25) is 0 Å². The molecule has 4 heteroatoms. The summed E-state index contributed by atoms with van der Waals surface area (Å²) in [6, 6.07) is 16.5. The fourth-order valence-electron chi connectivity index (χ4n) is 2.70. The van der Waals surface area contributed by atoms with Gasteiger partial charge in [-0.3, -0.25) is 4.40 Å². The Balaban J connectivity index is 1.87. The molecule has 4 nitrogen and oxygen atoms in total. The lowest BCUT2D eigenvalue weighted by Crippen LogP contribution is -2.00. The maximum Gasteiger partial charge on any atom is 0.180 e. The maximum absolute atomic E-state index is 4.73. The van der Waals surface area contributed by atoms with Crippen LogP contribution in [0.1, 0.15) is 12.5 Å². The van der Waals surface area contributed by atoms with Crippen LogP contribution in [0.4, 0.5) is 11.5 Å². The molecule has 1 N–H and O–H groups in total. The standard InChI is InChI=1S/C18H16N4/c1-2-13-6-5-7-14(12-13)20-17-18-19-10-11-22(18)16-9-4-3-8-15(16)21-17/h3-12H,2H2,1H3,(H,20,21). The molecule has 0 atom stereocenters. The molecule has 0 spiro atoms. The van der Waals surface area contributed by atoms with Crippen molar-refractivity contribution < 1.29 is 0 Å². The molecule has 0 fully saturated rings. The predicted octanol–water partition coefficient (Wildman–Crippen LogP) is 4.19. The van der Waals surface area contributed by atoms with Gasteiger partial charge in [0.05, 0.1) is 11.0 Å². The number of imidazole rings is 1. The van der Waals surface area contributed by atoms with Crippen LogP contribution in [-0.4, -0.2) is 14.4 Å².